The minimum atomic E-state index is -1.55. The summed E-state index contributed by atoms with van der Waals surface area (Å²) in [6, 6.07) is -7.27. The molecule has 0 spiro atoms. The largest absolute Gasteiger partial charge is 0.480 e. The van der Waals surface area contributed by atoms with Crippen molar-refractivity contribution < 1.29 is 53.4 Å². The zero-order chi connectivity index (χ0) is 45.0. The number of amides is 8. The van der Waals surface area contributed by atoms with Gasteiger partial charge in [0.25, 0.3) is 0 Å². The fraction of sp³-hybridized carbons (Fsp3) is 0.763. The van der Waals surface area contributed by atoms with Crippen molar-refractivity contribution in [1.29, 1.82) is 0 Å². The molecular weight excluding hydrogens is 758 g/mol. The van der Waals surface area contributed by atoms with Gasteiger partial charge in [-0.15, -0.1) is 0 Å². The second kappa shape index (κ2) is 26.2. The van der Waals surface area contributed by atoms with E-state index in [1.807, 2.05) is 13.8 Å². The van der Waals surface area contributed by atoms with E-state index < -0.39 is 121 Å². The van der Waals surface area contributed by atoms with Crippen LogP contribution in [0.1, 0.15) is 95.4 Å². The van der Waals surface area contributed by atoms with E-state index in [2.05, 4.69) is 42.5 Å². The van der Waals surface area contributed by atoms with E-state index in [4.69, 9.17) is 5.73 Å². The topological polar surface area (TPSA) is 316 Å². The maximum Gasteiger partial charge on any atom is 0.326 e. The maximum absolute atomic E-state index is 13.7. The van der Waals surface area contributed by atoms with Gasteiger partial charge in [0.2, 0.25) is 47.3 Å². The SMILES string of the molecule is CC[C@H](C)[C@H](NC(=O)[C@H](CC(C)C)NC(=O)CNC(=O)[C@H](CC(C)C)NC(=O)CNC(=O)[C@@H](NC(=O)CN)C(C)C)C(=O)N[C@H](C(=O)N[C@H](C(=O)O)C(C)C)[C@@H](C)O. The molecule has 0 aliphatic rings. The van der Waals surface area contributed by atoms with Crippen molar-refractivity contribution in [3.8, 4) is 0 Å². The first-order chi connectivity index (χ1) is 26.9. The van der Waals surface area contributed by atoms with Crippen LogP contribution in [0.4, 0.5) is 0 Å². The van der Waals surface area contributed by atoms with Gasteiger partial charge in [0, 0.05) is 0 Å². The van der Waals surface area contributed by atoms with Gasteiger partial charge in [-0.1, -0.05) is 75.7 Å². The molecule has 0 radical (unpaired) electrons. The lowest BCUT2D eigenvalue weighted by Crippen LogP contribution is -2.62. The Bertz CT molecular complexity index is 1420. The molecule has 0 aromatic heterocycles. The Morgan fingerprint density at radius 2 is 0.914 bits per heavy atom. The van der Waals surface area contributed by atoms with E-state index in [0.29, 0.717) is 6.42 Å². The molecule has 20 nitrogen and oxygen atoms in total. The molecular formula is C38H69N9O11. The van der Waals surface area contributed by atoms with Crippen LogP contribution < -0.4 is 48.3 Å². The molecule has 0 saturated carbocycles. The molecule has 332 valence electrons. The lowest BCUT2D eigenvalue weighted by molar-refractivity contribution is -0.144. The number of rotatable bonds is 26. The third kappa shape index (κ3) is 19.5. The summed E-state index contributed by atoms with van der Waals surface area (Å²) in [4.78, 5) is 115. The summed E-state index contributed by atoms with van der Waals surface area (Å²) in [6.07, 6.45) is -0.717. The summed E-state index contributed by atoms with van der Waals surface area (Å²) in [5.74, 6) is -8.57. The molecule has 0 aromatic rings. The minimum Gasteiger partial charge on any atom is -0.480 e. The average Bonchev–Trinajstić information content (AvgIpc) is 3.12. The highest BCUT2D eigenvalue weighted by Gasteiger charge is 2.36. The van der Waals surface area contributed by atoms with E-state index in [9.17, 15) is 53.4 Å². The molecule has 0 fully saturated rings. The predicted octanol–water partition coefficient (Wildman–Crippen LogP) is -2.00. The van der Waals surface area contributed by atoms with Gasteiger partial charge in [-0.25, -0.2) is 4.79 Å². The number of hydrogen-bond acceptors (Lipinski definition) is 11. The molecule has 0 saturated heterocycles. The third-order valence-corrected chi connectivity index (χ3v) is 9.10. The number of carboxylic acid groups (broad SMARTS) is 1. The Balaban J connectivity index is 5.80. The van der Waals surface area contributed by atoms with E-state index >= 15 is 0 Å². The Hall–Kier alpha value is -4.85. The fourth-order valence-electron chi connectivity index (χ4n) is 5.59. The van der Waals surface area contributed by atoms with E-state index in [-0.39, 0.29) is 37.1 Å². The molecule has 0 aliphatic heterocycles. The Labute approximate surface area is 341 Å². The molecule has 0 bridgehead atoms. The van der Waals surface area contributed by atoms with Crippen molar-refractivity contribution in [3.63, 3.8) is 0 Å². The Morgan fingerprint density at radius 1 is 0.500 bits per heavy atom. The van der Waals surface area contributed by atoms with Gasteiger partial charge >= 0.3 is 5.97 Å². The van der Waals surface area contributed by atoms with Gasteiger partial charge in [0.05, 0.1) is 25.7 Å². The summed E-state index contributed by atoms with van der Waals surface area (Å²) in [5, 5.41) is 39.8. The van der Waals surface area contributed by atoms with Crippen LogP contribution in [0.3, 0.4) is 0 Å². The van der Waals surface area contributed by atoms with Crippen molar-refractivity contribution in [3.05, 3.63) is 0 Å². The summed E-state index contributed by atoms with van der Waals surface area (Å²) in [6.45, 7) is 17.1. The van der Waals surface area contributed by atoms with Crippen LogP contribution in [0.5, 0.6) is 0 Å². The van der Waals surface area contributed by atoms with Gasteiger partial charge in [-0.05, 0) is 49.4 Å². The lowest BCUT2D eigenvalue weighted by atomic mass is 9.96. The number of carbonyl (C=O) groups is 9. The van der Waals surface area contributed by atoms with Gasteiger partial charge < -0.3 is 58.5 Å². The van der Waals surface area contributed by atoms with Crippen LogP contribution >= 0.6 is 0 Å². The highest BCUT2D eigenvalue weighted by molar-refractivity contribution is 5.97. The van der Waals surface area contributed by atoms with Crippen LogP contribution in [0, 0.1) is 29.6 Å². The van der Waals surface area contributed by atoms with Gasteiger partial charge in [0.15, 0.2) is 0 Å². The highest BCUT2D eigenvalue weighted by atomic mass is 16.4. The molecule has 0 unspecified atom stereocenters. The van der Waals surface area contributed by atoms with Crippen molar-refractivity contribution in [1.82, 2.24) is 42.5 Å². The standard InChI is InChI=1S/C38H69N9O11/c1-12-22(10)31(36(55)47-32(23(11)48)37(56)45-30(21(8)9)38(57)58)46-34(53)25(14-19(4)5)43-27(50)16-40-33(52)24(13-18(2)3)42-28(51)17-41-35(54)29(20(6)7)44-26(49)15-39/h18-25,29-32,48H,12-17,39H2,1-11H3,(H,40,52)(H,41,54)(H,42,51)(H,43,50)(H,44,49)(H,45,56)(H,46,53)(H,47,55)(H,57,58)/t22-,23+,24-,25-,29-,30-,31-,32-/m0/s1. The number of carbonyl (C=O) groups excluding carboxylic acids is 8. The Kier molecular flexibility index (Phi) is 24.0. The van der Waals surface area contributed by atoms with Crippen LogP contribution in [0.15, 0.2) is 0 Å². The van der Waals surface area contributed by atoms with Crippen molar-refractivity contribution in [2.24, 2.45) is 35.3 Å². The van der Waals surface area contributed by atoms with Crippen LogP contribution in [0.25, 0.3) is 0 Å². The highest BCUT2D eigenvalue weighted by Crippen LogP contribution is 2.13. The first-order valence-electron chi connectivity index (χ1n) is 19.8. The quantitative estimate of drug-likeness (QED) is 0.0452. The van der Waals surface area contributed by atoms with E-state index in [0.717, 1.165) is 0 Å². The molecule has 0 heterocycles. The molecule has 8 amide bonds. The van der Waals surface area contributed by atoms with Gasteiger partial charge in [-0.3, -0.25) is 38.4 Å². The number of carboxylic acids is 1. The molecule has 58 heavy (non-hydrogen) atoms. The summed E-state index contributed by atoms with van der Waals surface area (Å²) in [5.41, 5.74) is 5.33. The van der Waals surface area contributed by atoms with Gasteiger partial charge in [0.1, 0.15) is 36.3 Å². The number of aliphatic hydroxyl groups is 1. The zero-order valence-electron chi connectivity index (χ0n) is 35.8. The number of aliphatic hydroxyl groups excluding tert-OH is 1. The predicted molar refractivity (Wildman–Crippen MR) is 214 cm³/mol. The first-order valence-corrected chi connectivity index (χ1v) is 19.8. The van der Waals surface area contributed by atoms with E-state index in [1.54, 1.807) is 55.4 Å². The molecule has 12 N–H and O–H groups in total. The van der Waals surface area contributed by atoms with E-state index in [1.165, 1.54) is 6.92 Å². The normalized spacial score (nSPS) is 15.5. The monoisotopic (exact) mass is 828 g/mol. The molecule has 20 heteroatoms. The average molecular weight is 828 g/mol. The third-order valence-electron chi connectivity index (χ3n) is 9.10. The Morgan fingerprint density at radius 3 is 1.31 bits per heavy atom. The van der Waals surface area contributed by atoms with Crippen LogP contribution in [-0.2, 0) is 43.2 Å². The number of aliphatic carboxylic acids is 1. The summed E-state index contributed by atoms with van der Waals surface area (Å²) < 4.78 is 0. The van der Waals surface area contributed by atoms with Crippen molar-refractivity contribution in [2.45, 2.75) is 138 Å². The molecule has 0 aromatic carbocycles. The molecule has 8 atom stereocenters. The number of nitrogens with one attached hydrogen (secondary N) is 8. The smallest absolute Gasteiger partial charge is 0.326 e. The lowest BCUT2D eigenvalue weighted by Gasteiger charge is -2.30. The number of hydrogen-bond donors (Lipinski definition) is 11. The molecule has 0 rings (SSSR count). The van der Waals surface area contributed by atoms with Crippen LogP contribution in [0.2, 0.25) is 0 Å². The minimum absolute atomic E-state index is 0.0713. The second-order valence-corrected chi connectivity index (χ2v) is 16.1. The fourth-order valence-corrected chi connectivity index (χ4v) is 5.59. The summed E-state index contributed by atoms with van der Waals surface area (Å²) in [7, 11) is 0. The van der Waals surface area contributed by atoms with Crippen molar-refractivity contribution in [2.75, 3.05) is 19.6 Å². The number of nitrogens with two attached hydrogens (primary N) is 1. The first kappa shape index (κ1) is 53.1. The summed E-state index contributed by atoms with van der Waals surface area (Å²) >= 11 is 0. The van der Waals surface area contributed by atoms with Gasteiger partial charge in [-0.2, -0.15) is 0 Å². The van der Waals surface area contributed by atoms with Crippen LogP contribution in [-0.4, -0.2) is 125 Å². The maximum atomic E-state index is 13.7. The second-order valence-electron chi connectivity index (χ2n) is 16.1. The zero-order valence-corrected chi connectivity index (χ0v) is 35.8. The molecule has 0 aliphatic carbocycles. The van der Waals surface area contributed by atoms with Crippen molar-refractivity contribution >= 4 is 53.2 Å².